The zero-order valence-corrected chi connectivity index (χ0v) is 34.3. The number of unbranched alkanes of at least 4 members (excludes halogenated alkanes) is 2. The summed E-state index contributed by atoms with van der Waals surface area (Å²) in [5, 5.41) is 0. The van der Waals surface area contributed by atoms with Gasteiger partial charge in [0.05, 0.1) is 59.5 Å². The Kier molecular flexibility index (Phi) is 14.0. The number of fused-ring (bicyclic) bond motifs is 1. The van der Waals surface area contributed by atoms with Crippen LogP contribution in [0.15, 0.2) is 84.9 Å². The molecule has 0 atom stereocenters. The molecular weight excluding hydrogens is 751 g/mol. The van der Waals surface area contributed by atoms with Crippen LogP contribution in [0.5, 0.6) is 17.2 Å². The maximum Gasteiger partial charge on any atom is 0.261 e. The molecule has 0 aromatic heterocycles. The van der Waals surface area contributed by atoms with Crippen molar-refractivity contribution in [2.24, 2.45) is 0 Å². The summed E-state index contributed by atoms with van der Waals surface area (Å²) in [7, 11) is 7.19. The zero-order chi connectivity index (χ0) is 42.1. The van der Waals surface area contributed by atoms with Gasteiger partial charge in [0, 0.05) is 39.1 Å². The number of hydrogen-bond donors (Lipinski definition) is 1. The van der Waals surface area contributed by atoms with Crippen molar-refractivity contribution in [3.63, 3.8) is 0 Å². The zero-order valence-electron chi connectivity index (χ0n) is 34.3. The fourth-order valence-electron chi connectivity index (χ4n) is 7.63. The largest absolute Gasteiger partial charge is 0.494 e. The van der Waals surface area contributed by atoms with Crippen LogP contribution in [0.1, 0.15) is 91.9 Å². The minimum atomic E-state index is -0.426. The average Bonchev–Trinajstić information content (AvgIpc) is 3.50. The molecule has 4 amide bonds. The van der Waals surface area contributed by atoms with Crippen molar-refractivity contribution in [2.45, 2.75) is 51.0 Å². The van der Waals surface area contributed by atoms with Gasteiger partial charge in [-0.2, -0.15) is 0 Å². The van der Waals surface area contributed by atoms with Crippen LogP contribution in [0.2, 0.25) is 0 Å². The van der Waals surface area contributed by atoms with Crippen molar-refractivity contribution in [1.29, 1.82) is 0 Å². The van der Waals surface area contributed by atoms with E-state index in [0.717, 1.165) is 45.2 Å². The molecule has 2 aliphatic heterocycles. The summed E-state index contributed by atoms with van der Waals surface area (Å²) < 4.78 is 17.8. The number of nitrogens with two attached hydrogens (primary N) is 1. The van der Waals surface area contributed by atoms with Crippen molar-refractivity contribution in [3.05, 3.63) is 113 Å². The Morgan fingerprint density at radius 1 is 0.712 bits per heavy atom. The van der Waals surface area contributed by atoms with Gasteiger partial charge in [0.1, 0.15) is 11.5 Å². The number of rotatable bonds is 18. The van der Waals surface area contributed by atoms with Crippen LogP contribution in [0.3, 0.4) is 0 Å². The molecule has 2 heterocycles. The molecule has 310 valence electrons. The number of ether oxygens (including phenoxy) is 3. The normalized spacial score (nSPS) is 14.1. The summed E-state index contributed by atoms with van der Waals surface area (Å²) in [5.74, 6) is -0.424. The molecule has 13 nitrogen and oxygen atoms in total. The van der Waals surface area contributed by atoms with E-state index in [4.69, 9.17) is 19.9 Å². The van der Waals surface area contributed by atoms with Crippen LogP contribution < -0.4 is 24.8 Å². The van der Waals surface area contributed by atoms with Gasteiger partial charge in [-0.3, -0.25) is 28.9 Å². The number of likely N-dealkylation sites (tertiary alicyclic amines) is 1. The van der Waals surface area contributed by atoms with E-state index >= 15 is 0 Å². The predicted molar refractivity (Wildman–Crippen MR) is 226 cm³/mol. The lowest BCUT2D eigenvalue weighted by molar-refractivity contribution is -0.132. The van der Waals surface area contributed by atoms with E-state index in [9.17, 15) is 24.0 Å². The Bertz CT molecular complexity index is 2150. The van der Waals surface area contributed by atoms with Crippen LogP contribution in [-0.2, 0) is 4.79 Å². The smallest absolute Gasteiger partial charge is 0.261 e. The van der Waals surface area contributed by atoms with Crippen LogP contribution in [0, 0.1) is 0 Å². The molecule has 0 spiro atoms. The second kappa shape index (κ2) is 19.5. The van der Waals surface area contributed by atoms with Crippen LogP contribution in [0.25, 0.3) is 0 Å². The average molecular weight is 804 g/mol. The number of hydrogen-bond acceptors (Lipinski definition) is 10. The van der Waals surface area contributed by atoms with Crippen molar-refractivity contribution >= 4 is 40.8 Å². The first-order valence-electron chi connectivity index (χ1n) is 20.1. The van der Waals surface area contributed by atoms with Crippen molar-refractivity contribution in [3.8, 4) is 17.2 Å². The van der Waals surface area contributed by atoms with Gasteiger partial charge in [0.15, 0.2) is 5.75 Å². The predicted octanol–water partition coefficient (Wildman–Crippen LogP) is 6.34. The second-order valence-electron chi connectivity index (χ2n) is 15.0. The number of piperidine rings is 1. The fraction of sp³-hybridized carbons (Fsp3) is 0.370. The number of nitrogens with zero attached hydrogens (tertiary/aromatic N) is 4. The standard InChI is InChI=1S/C46H53N5O8/c1-48(2)31-24-27-50(28-25-31)40(52)21-6-5-13-29-59-39-20-12-10-18-37(39)49(3)44(54)35-22-23-36(43(57-4)41(35)47)42(53)34-17-9-11-19-38(34)58-30-14-26-51-45(55)32-15-7-8-16-33(32)46(51)56/h7-12,15-20,22-23,31H,5-6,13-14,21,24-30,47H2,1-4H3. The first-order valence-corrected chi connectivity index (χ1v) is 20.1. The number of para-hydroxylation sites is 3. The van der Waals surface area contributed by atoms with Crippen molar-refractivity contribution in [1.82, 2.24) is 14.7 Å². The van der Waals surface area contributed by atoms with Crippen LogP contribution in [-0.4, -0.2) is 111 Å². The topological polar surface area (TPSA) is 152 Å². The third kappa shape index (κ3) is 9.58. The van der Waals surface area contributed by atoms with Gasteiger partial charge in [-0.05, 0) is 101 Å². The number of imide groups is 1. The molecule has 1 saturated heterocycles. The number of ketones is 1. The van der Waals surface area contributed by atoms with E-state index in [1.807, 2.05) is 17.0 Å². The number of carbonyl (C=O) groups is 5. The van der Waals surface area contributed by atoms with E-state index < -0.39 is 11.7 Å². The molecular formula is C46H53N5O8. The lowest BCUT2D eigenvalue weighted by Crippen LogP contribution is -2.44. The number of benzene rings is 4. The van der Waals surface area contributed by atoms with Crippen molar-refractivity contribution < 1.29 is 38.2 Å². The fourth-order valence-corrected chi connectivity index (χ4v) is 7.63. The molecule has 0 saturated carbocycles. The highest BCUT2D eigenvalue weighted by atomic mass is 16.5. The second-order valence-corrected chi connectivity index (χ2v) is 15.0. The molecule has 0 aliphatic carbocycles. The molecule has 1 fully saturated rings. The van der Waals surface area contributed by atoms with Gasteiger partial charge < -0.3 is 34.6 Å². The first kappa shape index (κ1) is 42.4. The summed E-state index contributed by atoms with van der Waals surface area (Å²) in [4.78, 5) is 73.0. The Labute approximate surface area is 345 Å². The minimum Gasteiger partial charge on any atom is -0.494 e. The molecule has 0 radical (unpaired) electrons. The number of methoxy groups -OCH3 is 1. The van der Waals surface area contributed by atoms with E-state index in [1.165, 1.54) is 29.0 Å². The first-order chi connectivity index (χ1) is 28.5. The number of nitrogen functional groups attached to an aromatic ring is 1. The molecule has 6 rings (SSSR count). The quantitative estimate of drug-likeness (QED) is 0.0522. The van der Waals surface area contributed by atoms with E-state index in [1.54, 1.807) is 67.7 Å². The minimum absolute atomic E-state index is 0.00422. The van der Waals surface area contributed by atoms with E-state index in [0.29, 0.717) is 53.8 Å². The van der Waals surface area contributed by atoms with Gasteiger partial charge in [0.2, 0.25) is 11.7 Å². The monoisotopic (exact) mass is 803 g/mol. The summed E-state index contributed by atoms with van der Waals surface area (Å²) in [6.45, 7) is 2.35. The molecule has 4 aromatic carbocycles. The number of anilines is 2. The highest BCUT2D eigenvalue weighted by molar-refractivity contribution is 6.21. The molecule has 59 heavy (non-hydrogen) atoms. The summed E-state index contributed by atoms with van der Waals surface area (Å²) in [5.41, 5.74) is 8.41. The molecule has 2 aliphatic rings. The summed E-state index contributed by atoms with van der Waals surface area (Å²) >= 11 is 0. The molecule has 13 heteroatoms. The Hall–Kier alpha value is -6.21. The van der Waals surface area contributed by atoms with Gasteiger partial charge in [-0.15, -0.1) is 0 Å². The molecule has 0 unspecified atom stereocenters. The van der Waals surface area contributed by atoms with Crippen LogP contribution >= 0.6 is 0 Å². The summed E-state index contributed by atoms with van der Waals surface area (Å²) in [6, 6.07) is 24.2. The van der Waals surface area contributed by atoms with E-state index in [-0.39, 0.29) is 59.0 Å². The van der Waals surface area contributed by atoms with Gasteiger partial charge in [-0.1, -0.05) is 36.4 Å². The number of carbonyl (C=O) groups excluding carboxylic acids is 5. The van der Waals surface area contributed by atoms with Crippen LogP contribution in [0.4, 0.5) is 11.4 Å². The third-order valence-electron chi connectivity index (χ3n) is 11.0. The Balaban J connectivity index is 1.03. The highest BCUT2D eigenvalue weighted by Gasteiger charge is 2.34. The summed E-state index contributed by atoms with van der Waals surface area (Å²) in [6.07, 6.45) is 5.28. The Morgan fingerprint density at radius 3 is 1.98 bits per heavy atom. The van der Waals surface area contributed by atoms with Gasteiger partial charge in [-0.25, -0.2) is 0 Å². The lowest BCUT2D eigenvalue weighted by atomic mass is 9.98. The SMILES string of the molecule is COc1c(C(=O)c2ccccc2OCCCN2C(=O)c3ccccc3C2=O)ccc(C(=O)N(C)c2ccccc2OCCCCCC(=O)N2CCC(N(C)C)CC2)c1N. The lowest BCUT2D eigenvalue weighted by Gasteiger charge is -2.35. The van der Waals surface area contributed by atoms with Gasteiger partial charge >= 0.3 is 0 Å². The number of amides is 4. The van der Waals surface area contributed by atoms with E-state index in [2.05, 4.69) is 19.0 Å². The highest BCUT2D eigenvalue weighted by Crippen LogP contribution is 2.36. The Morgan fingerprint density at radius 2 is 1.31 bits per heavy atom. The maximum atomic E-state index is 14.0. The molecule has 2 N–H and O–H groups in total. The van der Waals surface area contributed by atoms with Crippen molar-refractivity contribution in [2.75, 3.05) is 71.7 Å². The maximum absolute atomic E-state index is 14.0. The molecule has 4 aromatic rings. The third-order valence-corrected chi connectivity index (χ3v) is 11.0. The van der Waals surface area contributed by atoms with Gasteiger partial charge in [0.25, 0.3) is 17.7 Å². The molecule has 0 bridgehead atoms.